The quantitative estimate of drug-likeness (QED) is 0.605. The van der Waals surface area contributed by atoms with Crippen molar-refractivity contribution in [2.75, 3.05) is 13.2 Å². The normalized spacial score (nSPS) is 11.8. The lowest BCUT2D eigenvalue weighted by Crippen LogP contribution is -2.49. The summed E-state index contributed by atoms with van der Waals surface area (Å²) in [5.74, 6) is 0.576. The Morgan fingerprint density at radius 1 is 1.10 bits per heavy atom. The second-order valence-corrected chi connectivity index (χ2v) is 8.48. The number of halogens is 1. The van der Waals surface area contributed by atoms with E-state index in [-0.39, 0.29) is 18.4 Å². The third-order valence-electron chi connectivity index (χ3n) is 4.47. The minimum absolute atomic E-state index is 0.123. The smallest absolute Gasteiger partial charge is 0.261 e. The molecule has 0 bridgehead atoms. The molecule has 0 saturated carbocycles. The van der Waals surface area contributed by atoms with Crippen molar-refractivity contribution in [3.63, 3.8) is 0 Å². The van der Waals surface area contributed by atoms with E-state index in [1.165, 1.54) is 0 Å². The number of carbonyl (C=O) groups is 2. The largest absolute Gasteiger partial charge is 0.484 e. The van der Waals surface area contributed by atoms with Crippen molar-refractivity contribution in [2.24, 2.45) is 5.92 Å². The van der Waals surface area contributed by atoms with Crippen LogP contribution < -0.4 is 10.1 Å². The van der Waals surface area contributed by atoms with Gasteiger partial charge in [0.25, 0.3) is 5.91 Å². The molecule has 0 heterocycles. The van der Waals surface area contributed by atoms with E-state index in [1.807, 2.05) is 69.3 Å². The summed E-state index contributed by atoms with van der Waals surface area (Å²) in [5.41, 5.74) is 2.00. The summed E-state index contributed by atoms with van der Waals surface area (Å²) in [7, 11) is 0. The zero-order valence-electron chi connectivity index (χ0n) is 17.4. The fourth-order valence-corrected chi connectivity index (χ4v) is 3.02. The van der Waals surface area contributed by atoms with Gasteiger partial charge in [-0.15, -0.1) is 0 Å². The first-order chi connectivity index (χ1) is 13.8. The first-order valence-corrected chi connectivity index (χ1v) is 10.6. The van der Waals surface area contributed by atoms with Crippen LogP contribution in [0.25, 0.3) is 0 Å². The Hall–Kier alpha value is -2.34. The molecular formula is C23H29BrN2O3. The molecule has 0 aliphatic rings. The summed E-state index contributed by atoms with van der Waals surface area (Å²) in [6.45, 7) is 8.57. The molecule has 0 aromatic heterocycles. The van der Waals surface area contributed by atoms with Gasteiger partial charge in [0.1, 0.15) is 11.8 Å². The van der Waals surface area contributed by atoms with E-state index in [1.54, 1.807) is 11.8 Å². The van der Waals surface area contributed by atoms with E-state index in [9.17, 15) is 9.59 Å². The van der Waals surface area contributed by atoms with E-state index in [0.29, 0.717) is 24.8 Å². The maximum Gasteiger partial charge on any atom is 0.261 e. The van der Waals surface area contributed by atoms with Crippen molar-refractivity contribution in [1.29, 1.82) is 0 Å². The SMILES string of the molecule is Cc1cccc(OCC(=O)N(Cc2ccc(Br)cc2)C(C)C(=O)NCC(C)C)c1. The molecule has 1 N–H and O–H groups in total. The zero-order chi connectivity index (χ0) is 21.4. The number of ether oxygens (including phenoxy) is 1. The van der Waals surface area contributed by atoms with Crippen molar-refractivity contribution >= 4 is 27.7 Å². The van der Waals surface area contributed by atoms with Crippen molar-refractivity contribution < 1.29 is 14.3 Å². The van der Waals surface area contributed by atoms with Crippen LogP contribution in [-0.4, -0.2) is 35.9 Å². The summed E-state index contributed by atoms with van der Waals surface area (Å²) >= 11 is 3.42. The summed E-state index contributed by atoms with van der Waals surface area (Å²) in [4.78, 5) is 27.1. The van der Waals surface area contributed by atoms with Gasteiger partial charge in [-0.25, -0.2) is 0 Å². The lowest BCUT2D eigenvalue weighted by atomic mass is 10.1. The Morgan fingerprint density at radius 3 is 2.41 bits per heavy atom. The predicted octanol–water partition coefficient (Wildman–Crippen LogP) is 4.33. The first kappa shape index (κ1) is 22.9. The number of aryl methyl sites for hydroxylation is 1. The molecule has 156 valence electrons. The lowest BCUT2D eigenvalue weighted by Gasteiger charge is -2.29. The monoisotopic (exact) mass is 460 g/mol. The highest BCUT2D eigenvalue weighted by Crippen LogP contribution is 2.16. The maximum atomic E-state index is 13.0. The van der Waals surface area contributed by atoms with Gasteiger partial charge in [0.15, 0.2) is 6.61 Å². The Labute approximate surface area is 181 Å². The molecule has 1 atom stereocenters. The van der Waals surface area contributed by atoms with Crippen LogP contribution >= 0.6 is 15.9 Å². The predicted molar refractivity (Wildman–Crippen MR) is 119 cm³/mol. The number of hydrogen-bond acceptors (Lipinski definition) is 3. The minimum Gasteiger partial charge on any atom is -0.484 e. The van der Waals surface area contributed by atoms with E-state index < -0.39 is 6.04 Å². The molecule has 1 unspecified atom stereocenters. The van der Waals surface area contributed by atoms with Gasteiger partial charge >= 0.3 is 0 Å². The Morgan fingerprint density at radius 2 is 1.79 bits per heavy atom. The Bertz CT molecular complexity index is 821. The Kier molecular flexibility index (Phi) is 8.70. The molecule has 0 aliphatic carbocycles. The molecule has 6 heteroatoms. The summed E-state index contributed by atoms with van der Waals surface area (Å²) < 4.78 is 6.65. The van der Waals surface area contributed by atoms with Crippen LogP contribution in [0.15, 0.2) is 53.0 Å². The molecule has 0 fully saturated rings. The first-order valence-electron chi connectivity index (χ1n) is 9.77. The fourth-order valence-electron chi connectivity index (χ4n) is 2.75. The second-order valence-electron chi connectivity index (χ2n) is 7.57. The number of benzene rings is 2. The highest BCUT2D eigenvalue weighted by Gasteiger charge is 2.26. The molecule has 0 saturated heterocycles. The van der Waals surface area contributed by atoms with Crippen molar-refractivity contribution in [2.45, 2.75) is 40.3 Å². The summed E-state index contributed by atoms with van der Waals surface area (Å²) in [6, 6.07) is 14.7. The number of nitrogens with one attached hydrogen (secondary N) is 1. The number of amides is 2. The van der Waals surface area contributed by atoms with Gasteiger partial charge in [0.05, 0.1) is 0 Å². The van der Waals surface area contributed by atoms with Crippen molar-refractivity contribution in [1.82, 2.24) is 10.2 Å². The molecule has 2 aromatic carbocycles. The van der Waals surface area contributed by atoms with E-state index >= 15 is 0 Å². The van der Waals surface area contributed by atoms with Gasteiger partial charge in [-0.05, 0) is 55.2 Å². The average molecular weight is 461 g/mol. The van der Waals surface area contributed by atoms with Gasteiger partial charge in [0, 0.05) is 17.6 Å². The average Bonchev–Trinajstić information content (AvgIpc) is 2.69. The standard InChI is InChI=1S/C23H29BrN2O3/c1-16(2)13-25-23(28)18(4)26(14-19-8-10-20(24)11-9-19)22(27)15-29-21-7-5-6-17(3)12-21/h5-12,16,18H,13-15H2,1-4H3,(H,25,28). The molecule has 5 nitrogen and oxygen atoms in total. The molecule has 2 amide bonds. The van der Waals surface area contributed by atoms with Gasteiger partial charge in [-0.2, -0.15) is 0 Å². The number of carbonyl (C=O) groups excluding carboxylic acids is 2. The van der Waals surface area contributed by atoms with Crippen LogP contribution in [0.5, 0.6) is 5.75 Å². The van der Waals surface area contributed by atoms with Crippen LogP contribution in [0.4, 0.5) is 0 Å². The summed E-state index contributed by atoms with van der Waals surface area (Å²) in [5, 5.41) is 2.91. The lowest BCUT2D eigenvalue weighted by molar-refractivity contribution is -0.142. The minimum atomic E-state index is -0.606. The summed E-state index contributed by atoms with van der Waals surface area (Å²) in [6.07, 6.45) is 0. The molecule has 2 rings (SSSR count). The second kappa shape index (κ2) is 11.0. The molecule has 29 heavy (non-hydrogen) atoms. The molecular weight excluding hydrogens is 432 g/mol. The van der Waals surface area contributed by atoms with Gasteiger partial charge in [0.2, 0.25) is 5.91 Å². The fraction of sp³-hybridized carbons (Fsp3) is 0.391. The van der Waals surface area contributed by atoms with Crippen LogP contribution in [-0.2, 0) is 16.1 Å². The van der Waals surface area contributed by atoms with E-state index in [2.05, 4.69) is 21.2 Å². The maximum absolute atomic E-state index is 13.0. The van der Waals surface area contributed by atoms with E-state index in [4.69, 9.17) is 4.74 Å². The molecule has 2 aromatic rings. The third-order valence-corrected chi connectivity index (χ3v) is 5.00. The van der Waals surface area contributed by atoms with Gasteiger partial charge in [-0.1, -0.05) is 54.0 Å². The topological polar surface area (TPSA) is 58.6 Å². The van der Waals surface area contributed by atoms with Gasteiger partial charge < -0.3 is 15.0 Å². The van der Waals surface area contributed by atoms with Crippen molar-refractivity contribution in [3.8, 4) is 5.75 Å². The van der Waals surface area contributed by atoms with Crippen LogP contribution in [0.3, 0.4) is 0 Å². The third kappa shape index (κ3) is 7.54. The molecule has 0 radical (unpaired) electrons. The molecule has 0 aliphatic heterocycles. The van der Waals surface area contributed by atoms with E-state index in [0.717, 1.165) is 15.6 Å². The van der Waals surface area contributed by atoms with Crippen LogP contribution in [0.2, 0.25) is 0 Å². The van der Waals surface area contributed by atoms with Crippen LogP contribution in [0.1, 0.15) is 31.9 Å². The highest BCUT2D eigenvalue weighted by molar-refractivity contribution is 9.10. The van der Waals surface area contributed by atoms with Crippen molar-refractivity contribution in [3.05, 3.63) is 64.1 Å². The highest BCUT2D eigenvalue weighted by atomic mass is 79.9. The Balaban J connectivity index is 2.12. The van der Waals surface area contributed by atoms with Crippen LogP contribution in [0, 0.1) is 12.8 Å². The van der Waals surface area contributed by atoms with Gasteiger partial charge in [-0.3, -0.25) is 9.59 Å². The number of hydrogen-bond donors (Lipinski definition) is 1. The zero-order valence-corrected chi connectivity index (χ0v) is 19.0. The number of rotatable bonds is 9. The molecule has 0 spiro atoms. The number of nitrogens with zero attached hydrogens (tertiary/aromatic N) is 1.